The summed E-state index contributed by atoms with van der Waals surface area (Å²) in [6, 6.07) is 0. The fourth-order valence-electron chi connectivity index (χ4n) is 1.92. The lowest BCUT2D eigenvalue weighted by Crippen LogP contribution is -2.37. The summed E-state index contributed by atoms with van der Waals surface area (Å²) in [6.45, 7) is 4.83. The van der Waals surface area contributed by atoms with E-state index >= 15 is 0 Å². The highest BCUT2D eigenvalue weighted by Gasteiger charge is 2.20. The van der Waals surface area contributed by atoms with Crippen LogP contribution in [0.1, 0.15) is 5.82 Å². The fraction of sp³-hybridized carbons (Fsp3) is 0.455. The molecule has 2 N–H and O–H groups in total. The van der Waals surface area contributed by atoms with Crippen LogP contribution in [0.3, 0.4) is 0 Å². The first kappa shape index (κ1) is 14.5. The van der Waals surface area contributed by atoms with E-state index in [2.05, 4.69) is 41.0 Å². The SMILES string of the molecule is Cc1nnc(Sc2ncnc(N3CCOCC3)c2Br)n1N. The van der Waals surface area contributed by atoms with Gasteiger partial charge in [-0.05, 0) is 34.6 Å². The third kappa shape index (κ3) is 2.97. The number of ether oxygens (including phenoxy) is 1. The molecule has 2 aromatic rings. The van der Waals surface area contributed by atoms with Crippen molar-refractivity contribution in [2.45, 2.75) is 17.1 Å². The van der Waals surface area contributed by atoms with Crippen molar-refractivity contribution in [1.82, 2.24) is 24.8 Å². The van der Waals surface area contributed by atoms with E-state index in [9.17, 15) is 0 Å². The Bertz CT molecular complexity index is 643. The number of rotatable bonds is 3. The Morgan fingerprint density at radius 3 is 2.71 bits per heavy atom. The smallest absolute Gasteiger partial charge is 0.216 e. The molecule has 0 aliphatic carbocycles. The highest BCUT2D eigenvalue weighted by Crippen LogP contribution is 2.35. The highest BCUT2D eigenvalue weighted by atomic mass is 79.9. The van der Waals surface area contributed by atoms with Gasteiger partial charge in [0.15, 0.2) is 0 Å². The third-order valence-corrected chi connectivity index (χ3v) is 5.03. The molecule has 10 heteroatoms. The number of anilines is 1. The predicted molar refractivity (Wildman–Crippen MR) is 81.8 cm³/mol. The van der Waals surface area contributed by atoms with Crippen LogP contribution in [0.15, 0.2) is 21.0 Å². The van der Waals surface area contributed by atoms with Crippen LogP contribution in [-0.2, 0) is 4.74 Å². The molecule has 0 saturated carbocycles. The van der Waals surface area contributed by atoms with Crippen LogP contribution in [0.2, 0.25) is 0 Å². The number of hydrogen-bond donors (Lipinski definition) is 1. The van der Waals surface area contributed by atoms with Gasteiger partial charge < -0.3 is 15.5 Å². The molecule has 0 unspecified atom stereocenters. The molecule has 2 aromatic heterocycles. The van der Waals surface area contributed by atoms with Crippen LogP contribution < -0.4 is 10.7 Å². The van der Waals surface area contributed by atoms with E-state index in [-0.39, 0.29) is 0 Å². The Hall–Kier alpha value is -1.39. The lowest BCUT2D eigenvalue weighted by Gasteiger charge is -2.28. The molecule has 1 saturated heterocycles. The quantitative estimate of drug-likeness (QED) is 0.626. The first-order valence-corrected chi connectivity index (χ1v) is 7.96. The molecule has 3 rings (SSSR count). The van der Waals surface area contributed by atoms with E-state index < -0.39 is 0 Å². The van der Waals surface area contributed by atoms with E-state index in [1.165, 1.54) is 16.4 Å². The average molecular weight is 372 g/mol. The number of hydrogen-bond acceptors (Lipinski definition) is 8. The van der Waals surface area contributed by atoms with Gasteiger partial charge in [0.25, 0.3) is 0 Å². The number of nitrogens with zero attached hydrogens (tertiary/aromatic N) is 6. The Morgan fingerprint density at radius 1 is 1.29 bits per heavy atom. The van der Waals surface area contributed by atoms with Crippen LogP contribution >= 0.6 is 27.7 Å². The molecule has 0 atom stereocenters. The Kier molecular flexibility index (Phi) is 4.27. The number of nitrogen functional groups attached to an aromatic ring is 1. The second-order valence-corrected chi connectivity index (χ2v) is 6.17. The van der Waals surface area contributed by atoms with Crippen molar-refractivity contribution in [2.24, 2.45) is 0 Å². The number of aryl methyl sites for hydroxylation is 1. The number of aromatic nitrogens is 5. The fourth-order valence-corrected chi connectivity index (χ4v) is 3.38. The molecule has 1 aliphatic rings. The maximum absolute atomic E-state index is 5.87. The number of nitrogens with two attached hydrogens (primary N) is 1. The van der Waals surface area contributed by atoms with Crippen molar-refractivity contribution in [1.29, 1.82) is 0 Å². The zero-order valence-corrected chi connectivity index (χ0v) is 13.8. The van der Waals surface area contributed by atoms with Gasteiger partial charge in [0.1, 0.15) is 23.0 Å². The zero-order chi connectivity index (χ0) is 14.8. The van der Waals surface area contributed by atoms with Crippen LogP contribution in [0.4, 0.5) is 5.82 Å². The molecule has 0 amide bonds. The van der Waals surface area contributed by atoms with E-state index in [0.717, 1.165) is 28.4 Å². The van der Waals surface area contributed by atoms with Gasteiger partial charge in [0.05, 0.1) is 17.7 Å². The molecule has 8 nitrogen and oxygen atoms in total. The van der Waals surface area contributed by atoms with Crippen molar-refractivity contribution in [3.8, 4) is 0 Å². The molecule has 21 heavy (non-hydrogen) atoms. The molecule has 1 aliphatic heterocycles. The monoisotopic (exact) mass is 371 g/mol. The summed E-state index contributed by atoms with van der Waals surface area (Å²) in [6.07, 6.45) is 1.54. The maximum Gasteiger partial charge on any atom is 0.216 e. The molecule has 0 radical (unpaired) electrons. The number of halogens is 1. The normalized spacial score (nSPS) is 15.4. The summed E-state index contributed by atoms with van der Waals surface area (Å²) < 4.78 is 7.63. The summed E-state index contributed by atoms with van der Waals surface area (Å²) in [7, 11) is 0. The van der Waals surface area contributed by atoms with Crippen molar-refractivity contribution < 1.29 is 4.74 Å². The second kappa shape index (κ2) is 6.16. The number of morpholine rings is 1. The molecule has 0 spiro atoms. The van der Waals surface area contributed by atoms with Crippen LogP contribution in [-0.4, -0.2) is 51.1 Å². The summed E-state index contributed by atoms with van der Waals surface area (Å²) in [5.41, 5.74) is 0. The Balaban J connectivity index is 1.87. The molecule has 3 heterocycles. The molecule has 0 aromatic carbocycles. The van der Waals surface area contributed by atoms with Crippen molar-refractivity contribution >= 4 is 33.5 Å². The van der Waals surface area contributed by atoms with Crippen LogP contribution in [0.25, 0.3) is 0 Å². The van der Waals surface area contributed by atoms with Crippen molar-refractivity contribution in [3.63, 3.8) is 0 Å². The summed E-state index contributed by atoms with van der Waals surface area (Å²) in [5.74, 6) is 7.37. The van der Waals surface area contributed by atoms with Gasteiger partial charge in [0, 0.05) is 13.1 Å². The molecule has 0 bridgehead atoms. The molecular weight excluding hydrogens is 358 g/mol. The average Bonchev–Trinajstić information content (AvgIpc) is 2.82. The minimum absolute atomic E-state index is 0.583. The minimum Gasteiger partial charge on any atom is -0.378 e. The van der Waals surface area contributed by atoms with Gasteiger partial charge in [-0.2, -0.15) is 0 Å². The van der Waals surface area contributed by atoms with E-state index in [0.29, 0.717) is 24.2 Å². The van der Waals surface area contributed by atoms with Gasteiger partial charge in [-0.15, -0.1) is 10.2 Å². The second-order valence-electron chi connectivity index (χ2n) is 4.42. The Labute approximate surface area is 134 Å². The predicted octanol–water partition coefficient (Wildman–Crippen LogP) is 0.841. The summed E-state index contributed by atoms with van der Waals surface area (Å²) >= 11 is 4.93. The van der Waals surface area contributed by atoms with Gasteiger partial charge in [0.2, 0.25) is 5.16 Å². The molecular formula is C11H14BrN7OS. The highest BCUT2D eigenvalue weighted by molar-refractivity contribution is 9.10. The van der Waals surface area contributed by atoms with Crippen molar-refractivity contribution in [2.75, 3.05) is 37.0 Å². The standard InChI is InChI=1S/C11H14BrN7OS/c1-7-16-17-11(19(7)13)21-10-8(12)9(14-6-15-10)18-2-4-20-5-3-18/h6H,2-5,13H2,1H3. The summed E-state index contributed by atoms with van der Waals surface area (Å²) in [5, 5.41) is 9.30. The zero-order valence-electron chi connectivity index (χ0n) is 11.4. The van der Waals surface area contributed by atoms with E-state index in [4.69, 9.17) is 10.6 Å². The van der Waals surface area contributed by atoms with Gasteiger partial charge in [-0.3, -0.25) is 0 Å². The largest absolute Gasteiger partial charge is 0.378 e. The maximum atomic E-state index is 5.87. The third-order valence-electron chi connectivity index (χ3n) is 3.07. The van der Waals surface area contributed by atoms with Gasteiger partial charge in [-0.25, -0.2) is 14.6 Å². The van der Waals surface area contributed by atoms with Crippen LogP contribution in [0.5, 0.6) is 0 Å². The van der Waals surface area contributed by atoms with Gasteiger partial charge in [-0.1, -0.05) is 0 Å². The summed E-state index contributed by atoms with van der Waals surface area (Å²) in [4.78, 5) is 10.8. The van der Waals surface area contributed by atoms with Gasteiger partial charge >= 0.3 is 0 Å². The molecule has 112 valence electrons. The first-order valence-electron chi connectivity index (χ1n) is 6.35. The minimum atomic E-state index is 0.583. The topological polar surface area (TPSA) is 95.0 Å². The lowest BCUT2D eigenvalue weighted by atomic mass is 10.4. The lowest BCUT2D eigenvalue weighted by molar-refractivity contribution is 0.122. The van der Waals surface area contributed by atoms with E-state index in [1.54, 1.807) is 13.3 Å². The van der Waals surface area contributed by atoms with Crippen LogP contribution in [0, 0.1) is 6.92 Å². The van der Waals surface area contributed by atoms with E-state index in [1.807, 2.05) is 0 Å². The molecule has 1 fully saturated rings. The first-order chi connectivity index (χ1) is 10.2. The Morgan fingerprint density at radius 2 is 2.05 bits per heavy atom. The van der Waals surface area contributed by atoms with Crippen molar-refractivity contribution in [3.05, 3.63) is 16.6 Å².